The number of carbonyl (C=O) groups is 2. The number of quaternary nitrogens is 1. The molecule has 6 heteroatoms. The second-order valence-corrected chi connectivity index (χ2v) is 7.01. The van der Waals surface area contributed by atoms with E-state index in [0.717, 1.165) is 13.1 Å². The molecule has 0 spiro atoms. The van der Waals surface area contributed by atoms with Crippen molar-refractivity contribution in [1.82, 2.24) is 5.32 Å². The quantitative estimate of drug-likeness (QED) is 0.642. The first kappa shape index (κ1) is 20.2. The van der Waals surface area contributed by atoms with Crippen molar-refractivity contribution >= 4 is 17.6 Å². The van der Waals surface area contributed by atoms with Gasteiger partial charge in [-0.2, -0.15) is 0 Å². The molecule has 1 fully saturated rings. The highest BCUT2D eigenvalue weighted by Gasteiger charge is 2.27. The first-order valence-corrected chi connectivity index (χ1v) is 9.55. The SMILES string of the molecule is CCOC(=O)CCC(=O)NC[C@H](c1ccc(N(C)C)cc1)[NH+]1CCCC1. The van der Waals surface area contributed by atoms with Crippen LogP contribution in [-0.4, -0.2) is 52.2 Å². The van der Waals surface area contributed by atoms with E-state index in [1.54, 1.807) is 6.92 Å². The highest BCUT2D eigenvalue weighted by molar-refractivity contribution is 5.81. The summed E-state index contributed by atoms with van der Waals surface area (Å²) in [6, 6.07) is 8.83. The Hall–Kier alpha value is -2.08. The summed E-state index contributed by atoms with van der Waals surface area (Å²) in [5.74, 6) is -0.407. The Labute approximate surface area is 156 Å². The fraction of sp³-hybridized carbons (Fsp3) is 0.600. The number of carbonyl (C=O) groups excluding carboxylic acids is 2. The molecule has 1 saturated heterocycles. The number of anilines is 1. The summed E-state index contributed by atoms with van der Waals surface area (Å²) in [6.07, 6.45) is 2.79. The van der Waals surface area contributed by atoms with Gasteiger partial charge in [-0.3, -0.25) is 9.59 Å². The number of benzene rings is 1. The van der Waals surface area contributed by atoms with Crippen LogP contribution in [0.25, 0.3) is 0 Å². The van der Waals surface area contributed by atoms with Gasteiger partial charge in [0.15, 0.2) is 0 Å². The van der Waals surface area contributed by atoms with Crippen LogP contribution in [0.2, 0.25) is 0 Å². The number of hydrogen-bond acceptors (Lipinski definition) is 4. The zero-order valence-corrected chi connectivity index (χ0v) is 16.2. The van der Waals surface area contributed by atoms with Crippen LogP contribution in [0.5, 0.6) is 0 Å². The summed E-state index contributed by atoms with van der Waals surface area (Å²) in [6.45, 7) is 4.99. The van der Waals surface area contributed by atoms with Gasteiger partial charge in [0.2, 0.25) is 5.91 Å². The molecule has 1 amide bonds. The molecule has 0 saturated carbocycles. The number of ether oxygens (including phenoxy) is 1. The summed E-state index contributed by atoms with van der Waals surface area (Å²) in [5, 5.41) is 3.02. The van der Waals surface area contributed by atoms with Crippen LogP contribution in [0.1, 0.15) is 44.2 Å². The topological polar surface area (TPSA) is 63.1 Å². The Morgan fingerprint density at radius 1 is 1.15 bits per heavy atom. The molecule has 0 unspecified atom stereocenters. The van der Waals surface area contributed by atoms with Gasteiger partial charge in [0, 0.05) is 44.6 Å². The predicted octanol–water partition coefficient (Wildman–Crippen LogP) is 0.932. The molecule has 0 radical (unpaired) electrons. The Morgan fingerprint density at radius 3 is 2.38 bits per heavy atom. The van der Waals surface area contributed by atoms with E-state index in [1.165, 1.54) is 29.0 Å². The zero-order valence-electron chi connectivity index (χ0n) is 16.2. The lowest BCUT2D eigenvalue weighted by Gasteiger charge is -2.26. The van der Waals surface area contributed by atoms with E-state index in [0.29, 0.717) is 13.2 Å². The van der Waals surface area contributed by atoms with Gasteiger partial charge in [-0.1, -0.05) is 12.1 Å². The molecule has 2 N–H and O–H groups in total. The molecule has 0 aromatic heterocycles. The maximum absolute atomic E-state index is 12.1. The van der Waals surface area contributed by atoms with Crippen LogP contribution in [0.15, 0.2) is 24.3 Å². The first-order valence-electron chi connectivity index (χ1n) is 9.55. The lowest BCUT2D eigenvalue weighted by molar-refractivity contribution is -0.918. The first-order chi connectivity index (χ1) is 12.5. The Balaban J connectivity index is 1.95. The average molecular weight is 362 g/mol. The smallest absolute Gasteiger partial charge is 0.306 e. The van der Waals surface area contributed by atoms with Crippen molar-refractivity contribution < 1.29 is 19.2 Å². The van der Waals surface area contributed by atoms with Gasteiger partial charge in [0.25, 0.3) is 0 Å². The highest BCUT2D eigenvalue weighted by atomic mass is 16.5. The van der Waals surface area contributed by atoms with E-state index in [-0.39, 0.29) is 30.8 Å². The molecular formula is C20H32N3O3+. The molecule has 2 rings (SSSR count). The molecule has 0 aliphatic carbocycles. The van der Waals surface area contributed by atoms with Crippen molar-refractivity contribution in [2.45, 2.75) is 38.6 Å². The van der Waals surface area contributed by atoms with Gasteiger partial charge in [-0.05, 0) is 19.1 Å². The normalized spacial score (nSPS) is 15.5. The molecule has 144 valence electrons. The number of esters is 1. The van der Waals surface area contributed by atoms with E-state index < -0.39 is 0 Å². The van der Waals surface area contributed by atoms with Crippen molar-refractivity contribution in [2.75, 3.05) is 45.2 Å². The highest BCUT2D eigenvalue weighted by Crippen LogP contribution is 2.17. The number of hydrogen-bond donors (Lipinski definition) is 2. The van der Waals surface area contributed by atoms with Gasteiger partial charge in [-0.25, -0.2) is 0 Å². The summed E-state index contributed by atoms with van der Waals surface area (Å²) >= 11 is 0. The lowest BCUT2D eigenvalue weighted by atomic mass is 10.0. The average Bonchev–Trinajstić information content (AvgIpc) is 3.15. The van der Waals surface area contributed by atoms with Gasteiger partial charge < -0.3 is 19.9 Å². The van der Waals surface area contributed by atoms with Crippen molar-refractivity contribution in [3.05, 3.63) is 29.8 Å². The van der Waals surface area contributed by atoms with Crippen LogP contribution in [0.3, 0.4) is 0 Å². The Kier molecular flexibility index (Phi) is 7.91. The molecule has 1 heterocycles. The van der Waals surface area contributed by atoms with Crippen LogP contribution >= 0.6 is 0 Å². The van der Waals surface area contributed by atoms with Crippen LogP contribution in [-0.2, 0) is 14.3 Å². The number of rotatable bonds is 9. The largest absolute Gasteiger partial charge is 0.466 e. The molecule has 0 bridgehead atoms. The van der Waals surface area contributed by atoms with E-state index >= 15 is 0 Å². The number of nitrogens with zero attached hydrogens (tertiary/aromatic N) is 1. The predicted molar refractivity (Wildman–Crippen MR) is 102 cm³/mol. The van der Waals surface area contributed by atoms with Crippen LogP contribution in [0, 0.1) is 0 Å². The number of nitrogens with one attached hydrogen (secondary N) is 2. The minimum atomic E-state index is -0.316. The third-order valence-corrected chi connectivity index (χ3v) is 4.92. The zero-order chi connectivity index (χ0) is 18.9. The molecule has 1 aromatic carbocycles. The lowest BCUT2D eigenvalue weighted by Crippen LogP contribution is -3.11. The fourth-order valence-corrected chi connectivity index (χ4v) is 3.43. The van der Waals surface area contributed by atoms with Crippen LogP contribution < -0.4 is 15.1 Å². The van der Waals surface area contributed by atoms with Gasteiger partial charge in [-0.15, -0.1) is 0 Å². The third kappa shape index (κ3) is 6.02. The van der Waals surface area contributed by atoms with E-state index in [9.17, 15) is 9.59 Å². The molecule has 6 nitrogen and oxygen atoms in total. The Bertz CT molecular complexity index is 580. The maximum atomic E-state index is 12.1. The van der Waals surface area contributed by atoms with Crippen molar-refractivity contribution in [3.63, 3.8) is 0 Å². The van der Waals surface area contributed by atoms with Gasteiger partial charge in [0.05, 0.1) is 32.7 Å². The monoisotopic (exact) mass is 362 g/mol. The summed E-state index contributed by atoms with van der Waals surface area (Å²) in [4.78, 5) is 27.1. The van der Waals surface area contributed by atoms with Crippen molar-refractivity contribution in [3.8, 4) is 0 Å². The van der Waals surface area contributed by atoms with Crippen molar-refractivity contribution in [1.29, 1.82) is 0 Å². The van der Waals surface area contributed by atoms with Gasteiger partial charge in [0.1, 0.15) is 6.04 Å². The minimum absolute atomic E-state index is 0.0911. The molecule has 1 atom stereocenters. The molecule has 1 aromatic rings. The molecule has 26 heavy (non-hydrogen) atoms. The van der Waals surface area contributed by atoms with E-state index in [4.69, 9.17) is 4.74 Å². The van der Waals surface area contributed by atoms with Crippen molar-refractivity contribution in [2.24, 2.45) is 0 Å². The second kappa shape index (κ2) is 10.2. The van der Waals surface area contributed by atoms with Gasteiger partial charge >= 0.3 is 5.97 Å². The maximum Gasteiger partial charge on any atom is 0.306 e. The van der Waals surface area contributed by atoms with Crippen LogP contribution in [0.4, 0.5) is 5.69 Å². The number of likely N-dealkylation sites (tertiary alicyclic amines) is 1. The van der Waals surface area contributed by atoms with E-state index in [2.05, 4.69) is 34.5 Å². The molecular weight excluding hydrogens is 330 g/mol. The summed E-state index contributed by atoms with van der Waals surface area (Å²) < 4.78 is 4.87. The summed E-state index contributed by atoms with van der Waals surface area (Å²) in [7, 11) is 4.06. The third-order valence-electron chi connectivity index (χ3n) is 4.92. The number of amides is 1. The standard InChI is InChI=1S/C20H31N3O3/c1-4-26-20(25)12-11-19(24)21-15-18(23-13-5-6-14-23)16-7-9-17(10-8-16)22(2)3/h7-10,18H,4-6,11-15H2,1-3H3,(H,21,24)/p+1/t18-/m1/s1. The fourth-order valence-electron chi connectivity index (χ4n) is 3.43. The molecule has 1 aliphatic rings. The second-order valence-electron chi connectivity index (χ2n) is 7.01. The van der Waals surface area contributed by atoms with E-state index in [1.807, 2.05) is 14.1 Å². The minimum Gasteiger partial charge on any atom is -0.466 e. The molecule has 1 aliphatic heterocycles. The summed E-state index contributed by atoms with van der Waals surface area (Å²) in [5.41, 5.74) is 2.42. The Morgan fingerprint density at radius 2 is 1.81 bits per heavy atom.